The third-order valence-corrected chi connectivity index (χ3v) is 2.07. The topological polar surface area (TPSA) is 17.1 Å². The van der Waals surface area contributed by atoms with Gasteiger partial charge in [0, 0.05) is 5.56 Å². The Hall–Kier alpha value is -1.63. The maximum atomic E-state index is 11.2. The molecule has 2 rings (SSSR count). The van der Waals surface area contributed by atoms with Gasteiger partial charge in [0.05, 0.1) is 0 Å². The van der Waals surface area contributed by atoms with Crippen LogP contribution in [0.15, 0.2) is 36.4 Å². The first-order valence-corrected chi connectivity index (χ1v) is 4.19. The number of rotatable bonds is 1. The Labute approximate surface area is 77.0 Å². The minimum Gasteiger partial charge on any atom is -0.294 e. The van der Waals surface area contributed by atoms with E-state index in [9.17, 15) is 4.79 Å². The fraction of sp³-hybridized carbons (Fsp3) is 0.0833. The van der Waals surface area contributed by atoms with Crippen LogP contribution < -0.4 is 0 Å². The molecule has 2 aromatic rings. The van der Waals surface area contributed by atoms with E-state index in [-0.39, 0.29) is 5.78 Å². The third-order valence-electron chi connectivity index (χ3n) is 2.07. The summed E-state index contributed by atoms with van der Waals surface area (Å²) in [5, 5.41) is 2.07. The van der Waals surface area contributed by atoms with Crippen LogP contribution in [-0.4, -0.2) is 5.78 Å². The van der Waals surface area contributed by atoms with Crippen LogP contribution in [0.25, 0.3) is 10.8 Å². The number of carbonyl (C=O) groups is 1. The highest BCUT2D eigenvalue weighted by molar-refractivity contribution is 6.06. The second kappa shape index (κ2) is 3.02. The van der Waals surface area contributed by atoms with Crippen LogP contribution in [0.4, 0.5) is 0 Å². The average molecular weight is 169 g/mol. The van der Waals surface area contributed by atoms with Crippen LogP contribution in [0.3, 0.4) is 0 Å². The van der Waals surface area contributed by atoms with E-state index in [1.54, 1.807) is 13.0 Å². The Kier molecular flexibility index (Phi) is 1.85. The van der Waals surface area contributed by atoms with Crippen LogP contribution >= 0.6 is 0 Å². The number of benzene rings is 2. The van der Waals surface area contributed by atoms with Crippen LogP contribution in [0.1, 0.15) is 17.3 Å². The number of ketones is 1. The summed E-state index contributed by atoms with van der Waals surface area (Å²) in [7, 11) is 0. The Bertz CT molecular complexity index is 452. The monoisotopic (exact) mass is 169 g/mol. The van der Waals surface area contributed by atoms with Crippen molar-refractivity contribution >= 4 is 16.6 Å². The first-order chi connectivity index (χ1) is 6.29. The highest BCUT2D eigenvalue weighted by Crippen LogP contribution is 2.17. The molecule has 1 nitrogen and oxygen atoms in total. The molecule has 0 bridgehead atoms. The molecular formula is C12H9O. The fourth-order valence-electron chi connectivity index (χ4n) is 1.45. The molecule has 0 fully saturated rings. The van der Waals surface area contributed by atoms with Gasteiger partial charge in [-0.3, -0.25) is 4.79 Å². The first kappa shape index (κ1) is 7.99. The van der Waals surface area contributed by atoms with E-state index in [2.05, 4.69) is 6.07 Å². The van der Waals surface area contributed by atoms with E-state index >= 15 is 0 Å². The van der Waals surface area contributed by atoms with Gasteiger partial charge in [-0.25, -0.2) is 0 Å². The second-order valence-corrected chi connectivity index (χ2v) is 3.00. The molecular weight excluding hydrogens is 160 g/mol. The van der Waals surface area contributed by atoms with Crippen molar-refractivity contribution in [1.82, 2.24) is 0 Å². The van der Waals surface area contributed by atoms with Crippen LogP contribution in [0, 0.1) is 6.07 Å². The maximum Gasteiger partial charge on any atom is 0.161 e. The molecule has 0 aliphatic rings. The second-order valence-electron chi connectivity index (χ2n) is 3.00. The fourth-order valence-corrected chi connectivity index (χ4v) is 1.45. The van der Waals surface area contributed by atoms with Gasteiger partial charge >= 0.3 is 0 Å². The van der Waals surface area contributed by atoms with Crippen molar-refractivity contribution in [1.29, 1.82) is 0 Å². The molecule has 2 aromatic carbocycles. The Morgan fingerprint density at radius 3 is 2.77 bits per heavy atom. The molecule has 0 unspecified atom stereocenters. The van der Waals surface area contributed by atoms with Gasteiger partial charge in [-0.05, 0) is 23.8 Å². The summed E-state index contributed by atoms with van der Waals surface area (Å²) in [4.78, 5) is 11.2. The van der Waals surface area contributed by atoms with Crippen molar-refractivity contribution in [3.05, 3.63) is 48.0 Å². The van der Waals surface area contributed by atoms with Gasteiger partial charge in [0.15, 0.2) is 5.78 Å². The summed E-state index contributed by atoms with van der Waals surface area (Å²) in [6.45, 7) is 1.57. The zero-order valence-electron chi connectivity index (χ0n) is 7.37. The molecule has 0 aromatic heterocycles. The largest absolute Gasteiger partial charge is 0.294 e. The highest BCUT2D eigenvalue weighted by Gasteiger charge is 2.03. The Morgan fingerprint density at radius 2 is 2.00 bits per heavy atom. The predicted octanol–water partition coefficient (Wildman–Crippen LogP) is 2.84. The summed E-state index contributed by atoms with van der Waals surface area (Å²) < 4.78 is 0. The zero-order valence-corrected chi connectivity index (χ0v) is 7.37. The van der Waals surface area contributed by atoms with Crippen LogP contribution in [-0.2, 0) is 0 Å². The standard InChI is InChI=1S/C12H9O/c1-9(13)11-8-4-6-10-5-2-3-7-12(10)11/h2-7H,1H3. The van der Waals surface area contributed by atoms with E-state index in [0.29, 0.717) is 5.56 Å². The van der Waals surface area contributed by atoms with E-state index in [1.165, 1.54) is 0 Å². The molecule has 63 valence electrons. The molecule has 1 radical (unpaired) electrons. The van der Waals surface area contributed by atoms with Crippen molar-refractivity contribution in [3.63, 3.8) is 0 Å². The quantitative estimate of drug-likeness (QED) is 0.600. The number of Topliss-reactive ketones (excluding diaryl/α,β-unsaturated/α-hetero) is 1. The van der Waals surface area contributed by atoms with Gasteiger partial charge in [-0.2, -0.15) is 0 Å². The van der Waals surface area contributed by atoms with E-state index in [0.717, 1.165) is 10.8 Å². The molecule has 0 aliphatic heterocycles. The molecule has 1 heteroatoms. The number of hydrogen-bond acceptors (Lipinski definition) is 1. The molecule has 13 heavy (non-hydrogen) atoms. The lowest BCUT2D eigenvalue weighted by molar-refractivity contribution is 0.101. The number of hydrogen-bond donors (Lipinski definition) is 0. The van der Waals surface area contributed by atoms with Gasteiger partial charge < -0.3 is 0 Å². The van der Waals surface area contributed by atoms with Gasteiger partial charge in [-0.1, -0.05) is 36.4 Å². The molecule has 0 saturated carbocycles. The van der Waals surface area contributed by atoms with Crippen LogP contribution in [0.5, 0.6) is 0 Å². The van der Waals surface area contributed by atoms with Crippen molar-refractivity contribution in [3.8, 4) is 0 Å². The summed E-state index contributed by atoms with van der Waals surface area (Å²) in [6.07, 6.45) is 0. The van der Waals surface area contributed by atoms with Gasteiger partial charge in [-0.15, -0.1) is 0 Å². The van der Waals surface area contributed by atoms with Crippen molar-refractivity contribution in [2.75, 3.05) is 0 Å². The van der Waals surface area contributed by atoms with Crippen LogP contribution in [0.2, 0.25) is 0 Å². The van der Waals surface area contributed by atoms with Gasteiger partial charge in [0.2, 0.25) is 0 Å². The van der Waals surface area contributed by atoms with Gasteiger partial charge in [0.25, 0.3) is 0 Å². The maximum absolute atomic E-state index is 11.2. The number of fused-ring (bicyclic) bond motifs is 1. The third kappa shape index (κ3) is 1.33. The van der Waals surface area contributed by atoms with E-state index in [1.807, 2.05) is 30.3 Å². The lowest BCUT2D eigenvalue weighted by Crippen LogP contribution is -1.92. The summed E-state index contributed by atoms with van der Waals surface area (Å²) in [5.41, 5.74) is 0.679. The first-order valence-electron chi connectivity index (χ1n) is 4.19. The van der Waals surface area contributed by atoms with E-state index in [4.69, 9.17) is 0 Å². The Morgan fingerprint density at radius 1 is 1.23 bits per heavy atom. The molecule has 0 spiro atoms. The SMILES string of the molecule is CC(=O)c1[c]ccc2ccccc12. The highest BCUT2D eigenvalue weighted by atomic mass is 16.1. The minimum atomic E-state index is 0.0665. The van der Waals surface area contributed by atoms with E-state index < -0.39 is 0 Å². The molecule has 0 heterocycles. The minimum absolute atomic E-state index is 0.0665. The lowest BCUT2D eigenvalue weighted by atomic mass is 10.0. The number of carbonyl (C=O) groups excluding carboxylic acids is 1. The summed E-state index contributed by atoms with van der Waals surface area (Å²) in [6, 6.07) is 14.6. The van der Waals surface area contributed by atoms with Crippen molar-refractivity contribution in [2.45, 2.75) is 6.92 Å². The smallest absolute Gasteiger partial charge is 0.161 e. The molecule has 0 amide bonds. The molecule has 0 atom stereocenters. The van der Waals surface area contributed by atoms with Gasteiger partial charge in [0.1, 0.15) is 0 Å². The van der Waals surface area contributed by atoms with Crippen molar-refractivity contribution < 1.29 is 4.79 Å². The normalized spacial score (nSPS) is 10.2. The lowest BCUT2D eigenvalue weighted by Gasteiger charge is -2.00. The average Bonchev–Trinajstić information content (AvgIpc) is 2.17. The van der Waals surface area contributed by atoms with Crippen molar-refractivity contribution in [2.24, 2.45) is 0 Å². The molecule has 0 aliphatic carbocycles. The molecule has 0 saturated heterocycles. The molecule has 0 N–H and O–H groups in total. The predicted molar refractivity (Wildman–Crippen MR) is 52.8 cm³/mol. The summed E-state index contributed by atoms with van der Waals surface area (Å²) >= 11 is 0. The summed E-state index contributed by atoms with van der Waals surface area (Å²) in [5.74, 6) is 0.0665. The zero-order chi connectivity index (χ0) is 9.26. The Balaban J connectivity index is 2.83.